The molecular weight excluding hydrogens is 176 g/mol. The second-order valence-electron chi connectivity index (χ2n) is 4.42. The topological polar surface area (TPSA) is 26.3 Å². The van der Waals surface area contributed by atoms with Crippen molar-refractivity contribution in [3.05, 3.63) is 11.1 Å². The van der Waals surface area contributed by atoms with Gasteiger partial charge in [-0.15, -0.1) is 0 Å². The van der Waals surface area contributed by atoms with E-state index < -0.39 is 0 Å². The Morgan fingerprint density at radius 3 is 2.00 bits per heavy atom. The van der Waals surface area contributed by atoms with Gasteiger partial charge in [0, 0.05) is 0 Å². The van der Waals surface area contributed by atoms with Gasteiger partial charge in [-0.2, -0.15) is 0 Å². The molecule has 0 fully saturated rings. The van der Waals surface area contributed by atoms with Gasteiger partial charge in [0.25, 0.3) is 0 Å². The second-order valence-corrected chi connectivity index (χ2v) is 4.42. The lowest BCUT2D eigenvalue weighted by Gasteiger charge is -2.14. The molecule has 0 aromatic rings. The van der Waals surface area contributed by atoms with Crippen molar-refractivity contribution in [2.45, 2.75) is 41.5 Å². The molecule has 0 aliphatic heterocycles. The largest absolute Gasteiger partial charge is 0.461 e. The molecule has 0 rings (SSSR count). The Kier molecular flexibility index (Phi) is 5.51. The highest BCUT2D eigenvalue weighted by Gasteiger charge is 2.17. The quantitative estimate of drug-likeness (QED) is 0.512. The highest BCUT2D eigenvalue weighted by Crippen LogP contribution is 2.12. The van der Waals surface area contributed by atoms with Gasteiger partial charge in [0.2, 0.25) is 0 Å². The van der Waals surface area contributed by atoms with E-state index in [-0.39, 0.29) is 11.9 Å². The minimum absolute atomic E-state index is 0.0139. The average molecular weight is 198 g/mol. The monoisotopic (exact) mass is 198 g/mol. The van der Waals surface area contributed by atoms with Crippen LogP contribution in [0.15, 0.2) is 11.1 Å². The van der Waals surface area contributed by atoms with E-state index in [0.29, 0.717) is 12.5 Å². The van der Waals surface area contributed by atoms with Gasteiger partial charge in [0.1, 0.15) is 6.61 Å². The number of carbonyl (C=O) groups excluding carboxylic acids is 1. The van der Waals surface area contributed by atoms with Crippen LogP contribution in [0.4, 0.5) is 0 Å². The highest BCUT2D eigenvalue weighted by molar-refractivity contribution is 5.72. The lowest BCUT2D eigenvalue weighted by molar-refractivity contribution is -0.148. The van der Waals surface area contributed by atoms with Gasteiger partial charge in [-0.1, -0.05) is 26.3 Å². The number of esters is 1. The maximum Gasteiger partial charge on any atom is 0.309 e. The van der Waals surface area contributed by atoms with Crippen LogP contribution >= 0.6 is 0 Å². The molecule has 2 heteroatoms. The Hall–Kier alpha value is -0.790. The van der Waals surface area contributed by atoms with Crippen LogP contribution in [0.5, 0.6) is 0 Å². The van der Waals surface area contributed by atoms with Crippen LogP contribution in [0, 0.1) is 11.8 Å². The standard InChI is InChI=1S/C12H22O2/c1-8(2)10(5)7-14-12(13)11(6)9(3)4/h9,11H,7H2,1-6H3. The number of ether oxygens (including phenoxy) is 1. The first-order valence-electron chi connectivity index (χ1n) is 5.15. The molecule has 0 aliphatic carbocycles. The van der Waals surface area contributed by atoms with E-state index in [4.69, 9.17) is 4.74 Å². The van der Waals surface area contributed by atoms with E-state index in [1.807, 2.05) is 41.5 Å². The smallest absolute Gasteiger partial charge is 0.309 e. The van der Waals surface area contributed by atoms with Crippen LogP contribution < -0.4 is 0 Å². The van der Waals surface area contributed by atoms with Crippen molar-refractivity contribution in [2.24, 2.45) is 11.8 Å². The van der Waals surface area contributed by atoms with Crippen molar-refractivity contribution in [3.8, 4) is 0 Å². The van der Waals surface area contributed by atoms with Gasteiger partial charge in [-0.05, 0) is 32.3 Å². The van der Waals surface area contributed by atoms with Gasteiger partial charge >= 0.3 is 5.97 Å². The highest BCUT2D eigenvalue weighted by atomic mass is 16.5. The van der Waals surface area contributed by atoms with Crippen LogP contribution in [0.2, 0.25) is 0 Å². The average Bonchev–Trinajstić information content (AvgIpc) is 2.11. The minimum Gasteiger partial charge on any atom is -0.461 e. The van der Waals surface area contributed by atoms with Crippen LogP contribution in [0.1, 0.15) is 41.5 Å². The molecule has 0 bridgehead atoms. The molecule has 0 N–H and O–H groups in total. The van der Waals surface area contributed by atoms with E-state index >= 15 is 0 Å². The van der Waals surface area contributed by atoms with Crippen molar-refractivity contribution < 1.29 is 9.53 Å². The lowest BCUT2D eigenvalue weighted by Crippen LogP contribution is -2.20. The van der Waals surface area contributed by atoms with Crippen LogP contribution in [-0.4, -0.2) is 12.6 Å². The summed E-state index contributed by atoms with van der Waals surface area (Å²) in [7, 11) is 0. The number of rotatable bonds is 4. The molecule has 2 nitrogen and oxygen atoms in total. The molecule has 0 spiro atoms. The van der Waals surface area contributed by atoms with Gasteiger partial charge in [0.15, 0.2) is 0 Å². The fourth-order valence-corrected chi connectivity index (χ4v) is 0.727. The van der Waals surface area contributed by atoms with Crippen LogP contribution in [-0.2, 0) is 9.53 Å². The molecule has 0 radical (unpaired) electrons. The SMILES string of the molecule is CC(C)=C(C)COC(=O)C(C)C(C)C. The molecule has 14 heavy (non-hydrogen) atoms. The molecule has 0 amide bonds. The Labute approximate surface area is 87.3 Å². The zero-order valence-electron chi connectivity index (χ0n) is 10.2. The summed E-state index contributed by atoms with van der Waals surface area (Å²) in [6.45, 7) is 12.4. The van der Waals surface area contributed by atoms with E-state index in [1.165, 1.54) is 5.57 Å². The summed E-state index contributed by atoms with van der Waals surface area (Å²) >= 11 is 0. The summed E-state index contributed by atoms with van der Waals surface area (Å²) in [6.07, 6.45) is 0. The van der Waals surface area contributed by atoms with Crippen molar-refractivity contribution in [1.82, 2.24) is 0 Å². The van der Waals surface area contributed by atoms with Crippen molar-refractivity contribution in [1.29, 1.82) is 0 Å². The predicted octanol–water partition coefficient (Wildman–Crippen LogP) is 3.18. The van der Waals surface area contributed by atoms with Gasteiger partial charge in [0.05, 0.1) is 5.92 Å². The Balaban J connectivity index is 4.04. The molecule has 0 aliphatic rings. The van der Waals surface area contributed by atoms with Crippen molar-refractivity contribution in [2.75, 3.05) is 6.61 Å². The second kappa shape index (κ2) is 5.84. The first-order chi connectivity index (χ1) is 6.36. The molecule has 1 atom stereocenters. The van der Waals surface area contributed by atoms with E-state index in [0.717, 1.165) is 5.57 Å². The summed E-state index contributed by atoms with van der Waals surface area (Å²) in [5.74, 6) is 0.232. The molecule has 0 saturated carbocycles. The van der Waals surface area contributed by atoms with Gasteiger partial charge < -0.3 is 4.74 Å². The van der Waals surface area contributed by atoms with E-state index in [9.17, 15) is 4.79 Å². The number of hydrogen-bond donors (Lipinski definition) is 0. The van der Waals surface area contributed by atoms with Crippen molar-refractivity contribution >= 4 is 5.97 Å². The zero-order valence-corrected chi connectivity index (χ0v) is 10.2. The minimum atomic E-state index is -0.0967. The third-order valence-electron chi connectivity index (χ3n) is 2.66. The molecule has 0 heterocycles. The van der Waals surface area contributed by atoms with E-state index in [2.05, 4.69) is 0 Å². The normalized spacial score (nSPS) is 12.5. The zero-order chi connectivity index (χ0) is 11.3. The predicted molar refractivity (Wildman–Crippen MR) is 59.0 cm³/mol. The summed E-state index contributed by atoms with van der Waals surface area (Å²) in [5.41, 5.74) is 2.35. The van der Waals surface area contributed by atoms with Gasteiger partial charge in [-0.25, -0.2) is 0 Å². The Morgan fingerprint density at radius 2 is 1.64 bits per heavy atom. The molecular formula is C12H22O2. The first kappa shape index (κ1) is 13.2. The summed E-state index contributed by atoms with van der Waals surface area (Å²) in [6, 6.07) is 0. The molecule has 82 valence electrons. The fraction of sp³-hybridized carbons (Fsp3) is 0.750. The van der Waals surface area contributed by atoms with Crippen molar-refractivity contribution in [3.63, 3.8) is 0 Å². The third-order valence-corrected chi connectivity index (χ3v) is 2.66. The summed E-state index contributed by atoms with van der Waals surface area (Å²) in [4.78, 5) is 11.5. The first-order valence-corrected chi connectivity index (χ1v) is 5.15. The number of hydrogen-bond acceptors (Lipinski definition) is 2. The Morgan fingerprint density at radius 1 is 1.14 bits per heavy atom. The maximum atomic E-state index is 11.5. The molecule has 1 unspecified atom stereocenters. The summed E-state index contributed by atoms with van der Waals surface area (Å²) < 4.78 is 5.19. The fourth-order valence-electron chi connectivity index (χ4n) is 0.727. The van der Waals surface area contributed by atoms with Crippen LogP contribution in [0.25, 0.3) is 0 Å². The van der Waals surface area contributed by atoms with E-state index in [1.54, 1.807) is 0 Å². The molecule has 0 aromatic carbocycles. The summed E-state index contributed by atoms with van der Waals surface area (Å²) in [5, 5.41) is 0. The molecule has 0 aromatic heterocycles. The van der Waals surface area contributed by atoms with Crippen LogP contribution in [0.3, 0.4) is 0 Å². The number of allylic oxidation sites excluding steroid dienone is 1. The lowest BCUT2D eigenvalue weighted by atomic mass is 9.99. The maximum absolute atomic E-state index is 11.5. The molecule has 0 saturated heterocycles. The van der Waals surface area contributed by atoms with Gasteiger partial charge in [-0.3, -0.25) is 4.79 Å². The number of carbonyl (C=O) groups is 1. The Bertz CT molecular complexity index is 222. The third kappa shape index (κ3) is 4.45.